The van der Waals surface area contributed by atoms with Crippen molar-refractivity contribution in [1.29, 1.82) is 0 Å². The Morgan fingerprint density at radius 1 is 0.810 bits per heavy atom. The molecule has 0 aliphatic heterocycles. The van der Waals surface area contributed by atoms with Crippen molar-refractivity contribution in [1.82, 2.24) is 0 Å². The summed E-state index contributed by atoms with van der Waals surface area (Å²) in [5.74, 6) is 4.05. The molecule has 0 bridgehead atoms. The molecule has 0 nitrogen and oxygen atoms in total. The molecule has 21 heavy (non-hydrogen) atoms. The van der Waals surface area contributed by atoms with Crippen molar-refractivity contribution in [3.63, 3.8) is 0 Å². The van der Waals surface area contributed by atoms with Crippen molar-refractivity contribution in [2.24, 2.45) is 23.7 Å². The molecule has 1 rings (SSSR count). The molecule has 0 amide bonds. The lowest BCUT2D eigenvalue weighted by Crippen LogP contribution is -2.02. The zero-order valence-corrected chi connectivity index (χ0v) is 16.7. The van der Waals surface area contributed by atoms with Gasteiger partial charge in [0, 0.05) is 0 Å². The largest absolute Gasteiger partial charge is 0.0683 e. The molecule has 1 aliphatic rings. The average Bonchev–Trinajstić information content (AvgIpc) is 3.17. The summed E-state index contributed by atoms with van der Waals surface area (Å²) in [7, 11) is 0. The van der Waals surface area contributed by atoms with Gasteiger partial charge < -0.3 is 0 Å². The van der Waals surface area contributed by atoms with E-state index in [0.717, 1.165) is 23.7 Å². The Bertz CT molecular complexity index is 178. The van der Waals surface area contributed by atoms with Gasteiger partial charge in [0.25, 0.3) is 0 Å². The highest BCUT2D eigenvalue weighted by Gasteiger charge is 2.26. The third kappa shape index (κ3) is 16.2. The smallest absolute Gasteiger partial charge is 0.0414 e. The van der Waals surface area contributed by atoms with Gasteiger partial charge in [-0.25, -0.2) is 0 Å². The minimum atomic E-state index is 0.940. The Hall–Kier alpha value is 0. The number of unbranched alkanes of at least 4 members (excludes halogenated alkanes) is 2. The molecule has 0 spiro atoms. The molecular formula is C21H46. The molecular weight excluding hydrogens is 252 g/mol. The highest BCUT2D eigenvalue weighted by Crippen LogP contribution is 2.36. The second-order valence-electron chi connectivity index (χ2n) is 7.05. The Morgan fingerprint density at radius 2 is 1.33 bits per heavy atom. The maximum atomic E-state index is 2.39. The van der Waals surface area contributed by atoms with Crippen molar-refractivity contribution in [2.45, 2.75) is 113 Å². The van der Waals surface area contributed by atoms with Gasteiger partial charge in [-0.15, -0.1) is 0 Å². The molecule has 0 aromatic rings. The molecule has 0 aromatic heterocycles. The number of hydrogen-bond acceptors (Lipinski definition) is 0. The topological polar surface area (TPSA) is 0 Å². The zero-order chi connectivity index (χ0) is 16.7. The standard InChI is InChI=1S/C14H30.C5H10.C2H6/c1-5-8-9-10-14(7-3)12-11-13(4)6-2;1-4-3-5(4)2;1-2/h13-14H,5-12H2,1-4H3;4-5H,3H2,1-2H3;1-2H3. The van der Waals surface area contributed by atoms with E-state index in [0.29, 0.717) is 0 Å². The van der Waals surface area contributed by atoms with Gasteiger partial charge in [0.1, 0.15) is 0 Å². The van der Waals surface area contributed by atoms with Crippen LogP contribution in [-0.2, 0) is 0 Å². The second-order valence-corrected chi connectivity index (χ2v) is 7.05. The van der Waals surface area contributed by atoms with Gasteiger partial charge in [0.15, 0.2) is 0 Å². The molecule has 1 saturated carbocycles. The van der Waals surface area contributed by atoms with Crippen LogP contribution < -0.4 is 0 Å². The second kappa shape index (κ2) is 16.4. The fourth-order valence-corrected chi connectivity index (χ4v) is 2.47. The zero-order valence-electron chi connectivity index (χ0n) is 16.7. The Morgan fingerprint density at radius 3 is 1.67 bits per heavy atom. The van der Waals surface area contributed by atoms with E-state index in [1.54, 1.807) is 0 Å². The van der Waals surface area contributed by atoms with Gasteiger partial charge in [-0.2, -0.15) is 0 Å². The van der Waals surface area contributed by atoms with Crippen LogP contribution in [-0.4, -0.2) is 0 Å². The lowest BCUT2D eigenvalue weighted by molar-refractivity contribution is 0.365. The molecule has 0 heteroatoms. The summed E-state index contributed by atoms with van der Waals surface area (Å²) in [5, 5.41) is 0. The van der Waals surface area contributed by atoms with E-state index in [1.807, 2.05) is 13.8 Å². The van der Waals surface area contributed by atoms with E-state index >= 15 is 0 Å². The molecule has 4 atom stereocenters. The molecule has 0 N–H and O–H groups in total. The minimum Gasteiger partial charge on any atom is -0.0683 e. The van der Waals surface area contributed by atoms with E-state index in [-0.39, 0.29) is 0 Å². The average molecular weight is 299 g/mol. The Balaban J connectivity index is 0. The van der Waals surface area contributed by atoms with E-state index < -0.39 is 0 Å². The molecule has 0 heterocycles. The summed E-state index contributed by atoms with van der Waals surface area (Å²) < 4.78 is 0. The molecule has 4 unspecified atom stereocenters. The van der Waals surface area contributed by atoms with Crippen LogP contribution in [0.4, 0.5) is 0 Å². The van der Waals surface area contributed by atoms with Gasteiger partial charge in [-0.3, -0.25) is 0 Å². The Labute approximate surface area is 137 Å². The third-order valence-corrected chi connectivity index (χ3v) is 5.07. The van der Waals surface area contributed by atoms with Crippen LogP contribution in [0.25, 0.3) is 0 Å². The van der Waals surface area contributed by atoms with Crippen LogP contribution in [0.1, 0.15) is 113 Å². The third-order valence-electron chi connectivity index (χ3n) is 5.07. The highest BCUT2D eigenvalue weighted by atomic mass is 14.3. The first-order valence-corrected chi connectivity index (χ1v) is 10.0. The maximum Gasteiger partial charge on any atom is -0.0414 e. The van der Waals surface area contributed by atoms with E-state index in [9.17, 15) is 0 Å². The van der Waals surface area contributed by atoms with Crippen molar-refractivity contribution >= 4 is 0 Å². The lowest BCUT2D eigenvalue weighted by Gasteiger charge is -2.16. The normalized spacial score (nSPS) is 22.3. The van der Waals surface area contributed by atoms with Crippen LogP contribution in [0.15, 0.2) is 0 Å². The summed E-state index contributed by atoms with van der Waals surface area (Å²) in [6, 6.07) is 0. The van der Waals surface area contributed by atoms with E-state index in [2.05, 4.69) is 41.5 Å². The van der Waals surface area contributed by atoms with Crippen molar-refractivity contribution in [3.8, 4) is 0 Å². The number of rotatable bonds is 9. The molecule has 0 radical (unpaired) electrons. The van der Waals surface area contributed by atoms with Gasteiger partial charge in [0.05, 0.1) is 0 Å². The first kappa shape index (κ1) is 23.3. The summed E-state index contributed by atoms with van der Waals surface area (Å²) in [5.41, 5.74) is 0. The van der Waals surface area contributed by atoms with Gasteiger partial charge in [-0.05, 0) is 30.1 Å². The van der Waals surface area contributed by atoms with Crippen LogP contribution in [0.5, 0.6) is 0 Å². The SMILES string of the molecule is CC.CC1CC1C.CCCCCC(CC)CCC(C)CC. The Kier molecular flexibility index (Phi) is 18.1. The van der Waals surface area contributed by atoms with Crippen molar-refractivity contribution < 1.29 is 0 Å². The minimum absolute atomic E-state index is 0.940. The molecule has 1 fully saturated rings. The van der Waals surface area contributed by atoms with Crippen molar-refractivity contribution in [3.05, 3.63) is 0 Å². The van der Waals surface area contributed by atoms with Crippen LogP contribution in [0.2, 0.25) is 0 Å². The highest BCUT2D eigenvalue weighted by molar-refractivity contribution is 4.76. The quantitative estimate of drug-likeness (QED) is 0.377. The predicted octanol–water partition coefficient (Wildman–Crippen LogP) is 8.11. The monoisotopic (exact) mass is 298 g/mol. The van der Waals surface area contributed by atoms with Gasteiger partial charge >= 0.3 is 0 Å². The lowest BCUT2D eigenvalue weighted by atomic mass is 9.90. The first-order valence-electron chi connectivity index (χ1n) is 10.0. The molecule has 0 aromatic carbocycles. The van der Waals surface area contributed by atoms with E-state index in [1.165, 1.54) is 57.8 Å². The van der Waals surface area contributed by atoms with E-state index in [4.69, 9.17) is 0 Å². The van der Waals surface area contributed by atoms with Crippen LogP contribution in [0, 0.1) is 23.7 Å². The van der Waals surface area contributed by atoms with Gasteiger partial charge in [0.2, 0.25) is 0 Å². The fraction of sp³-hybridized carbons (Fsp3) is 1.00. The van der Waals surface area contributed by atoms with Crippen LogP contribution in [0.3, 0.4) is 0 Å². The predicted molar refractivity (Wildman–Crippen MR) is 101 cm³/mol. The molecule has 1 aliphatic carbocycles. The maximum absolute atomic E-state index is 2.39. The summed E-state index contributed by atoms with van der Waals surface area (Å²) in [6.45, 7) is 17.9. The fourth-order valence-electron chi connectivity index (χ4n) is 2.47. The van der Waals surface area contributed by atoms with Crippen LogP contribution >= 0.6 is 0 Å². The molecule has 130 valence electrons. The number of hydrogen-bond donors (Lipinski definition) is 0. The summed E-state index contributed by atoms with van der Waals surface area (Å²) in [4.78, 5) is 0. The summed E-state index contributed by atoms with van der Waals surface area (Å²) >= 11 is 0. The summed E-state index contributed by atoms with van der Waals surface area (Å²) in [6.07, 6.45) is 12.8. The molecule has 0 saturated heterocycles. The first-order chi connectivity index (χ1) is 10.0. The van der Waals surface area contributed by atoms with Crippen molar-refractivity contribution in [2.75, 3.05) is 0 Å². The van der Waals surface area contributed by atoms with Gasteiger partial charge in [-0.1, -0.05) is 107 Å².